The summed E-state index contributed by atoms with van der Waals surface area (Å²) < 4.78 is 51.8. The second-order valence-corrected chi connectivity index (χ2v) is 13.4. The molecule has 0 amide bonds. The summed E-state index contributed by atoms with van der Waals surface area (Å²) in [5, 5.41) is 0. The maximum Gasteiger partial charge on any atom is 0.239 e. The number of ether oxygens (including phenoxy) is 2. The van der Waals surface area contributed by atoms with E-state index in [4.69, 9.17) is 9.47 Å². The lowest BCUT2D eigenvalue weighted by Crippen LogP contribution is -2.44. The number of Topliss-reactive ketones (excluding diaryl/α,β-unsaturated/α-hetero) is 1. The Morgan fingerprint density at radius 3 is 2.38 bits per heavy atom. The van der Waals surface area contributed by atoms with Crippen LogP contribution in [0.25, 0.3) is 17.3 Å². The van der Waals surface area contributed by atoms with Crippen molar-refractivity contribution in [3.8, 4) is 11.3 Å². The Bertz CT molecular complexity index is 1540. The highest BCUT2D eigenvalue weighted by Crippen LogP contribution is 2.34. The molecule has 1 aliphatic heterocycles. The van der Waals surface area contributed by atoms with Gasteiger partial charge in [-0.2, -0.15) is 0 Å². The number of sulfonamides is 1. The van der Waals surface area contributed by atoms with Crippen LogP contribution >= 0.6 is 0 Å². The highest BCUT2D eigenvalue weighted by Gasteiger charge is 2.35. The maximum absolute atomic E-state index is 13.8. The van der Waals surface area contributed by atoms with E-state index in [1.807, 2.05) is 70.2 Å². The van der Waals surface area contributed by atoms with Gasteiger partial charge in [-0.3, -0.25) is 4.79 Å². The summed E-state index contributed by atoms with van der Waals surface area (Å²) in [6, 6.07) is 15.5. The topological polar surface area (TPSA) is 98.7 Å². The standard InChI is InChI=1S/C32H38FN3O5S/c1-21(2)29-28(30(23-12-14-24(33)15-13-23)35-31(34-29)36(5)42(6,38)39)17-16-26-20-27(41-32(3,4)40-26)19-25(37)18-22-10-8-7-9-11-22/h7-17,21,26-27H,18-20H2,1-6H3/b17-16+/t26-,27+/m1/s1. The molecule has 0 N–H and O–H groups in total. The first-order chi connectivity index (χ1) is 19.7. The van der Waals surface area contributed by atoms with Crippen LogP contribution in [-0.2, 0) is 30.7 Å². The number of benzene rings is 2. The van der Waals surface area contributed by atoms with Gasteiger partial charge < -0.3 is 9.47 Å². The molecule has 0 aliphatic carbocycles. The highest BCUT2D eigenvalue weighted by molar-refractivity contribution is 7.92. The SMILES string of the molecule is CC(C)c1nc(N(C)S(C)(=O)=O)nc(-c2ccc(F)cc2)c1/C=C/[C@@H]1C[C@H](CC(=O)Cc2ccccc2)OC(C)(C)O1. The molecule has 3 aromatic rings. The normalized spacial score (nSPS) is 18.9. The zero-order valence-corrected chi connectivity index (χ0v) is 25.7. The largest absolute Gasteiger partial charge is 0.347 e. The third-order valence-electron chi connectivity index (χ3n) is 6.96. The minimum Gasteiger partial charge on any atom is -0.347 e. The molecule has 4 rings (SSSR count). The Labute approximate surface area is 247 Å². The monoisotopic (exact) mass is 595 g/mol. The van der Waals surface area contributed by atoms with E-state index in [9.17, 15) is 17.6 Å². The number of carbonyl (C=O) groups excluding carboxylic acids is 1. The number of halogens is 1. The van der Waals surface area contributed by atoms with Crippen LogP contribution in [0.1, 0.15) is 63.3 Å². The molecule has 2 heterocycles. The summed E-state index contributed by atoms with van der Waals surface area (Å²) in [6.45, 7) is 7.57. The van der Waals surface area contributed by atoms with E-state index in [0.29, 0.717) is 35.4 Å². The van der Waals surface area contributed by atoms with E-state index in [-0.39, 0.29) is 36.3 Å². The molecule has 10 heteroatoms. The summed E-state index contributed by atoms with van der Waals surface area (Å²) in [6.07, 6.45) is 5.22. The molecule has 1 aromatic heterocycles. The van der Waals surface area contributed by atoms with Crippen molar-refractivity contribution in [1.29, 1.82) is 0 Å². The number of nitrogens with zero attached hydrogens (tertiary/aromatic N) is 3. The van der Waals surface area contributed by atoms with Crippen LogP contribution in [0.15, 0.2) is 60.7 Å². The summed E-state index contributed by atoms with van der Waals surface area (Å²) in [5.41, 5.74) is 3.35. The van der Waals surface area contributed by atoms with Gasteiger partial charge in [0.05, 0.1) is 29.9 Å². The number of aromatic nitrogens is 2. The third kappa shape index (κ3) is 8.08. The van der Waals surface area contributed by atoms with Crippen LogP contribution in [0.3, 0.4) is 0 Å². The van der Waals surface area contributed by atoms with Crippen molar-refractivity contribution in [1.82, 2.24) is 9.97 Å². The Balaban J connectivity index is 1.67. The minimum atomic E-state index is -3.63. The van der Waals surface area contributed by atoms with Crippen LogP contribution < -0.4 is 4.31 Å². The fourth-order valence-electron chi connectivity index (χ4n) is 4.94. The lowest BCUT2D eigenvalue weighted by atomic mass is 9.96. The van der Waals surface area contributed by atoms with Gasteiger partial charge in [-0.25, -0.2) is 27.1 Å². The van der Waals surface area contributed by atoms with Gasteiger partial charge in [0.1, 0.15) is 11.6 Å². The van der Waals surface area contributed by atoms with Crippen LogP contribution in [-0.4, -0.2) is 55.5 Å². The molecule has 0 radical (unpaired) electrons. The number of ketones is 1. The first-order valence-electron chi connectivity index (χ1n) is 13.9. The molecule has 1 aliphatic rings. The van der Waals surface area contributed by atoms with Gasteiger partial charge in [-0.1, -0.05) is 56.3 Å². The number of rotatable bonds is 10. The van der Waals surface area contributed by atoms with E-state index in [1.54, 1.807) is 12.1 Å². The van der Waals surface area contributed by atoms with E-state index >= 15 is 0 Å². The van der Waals surface area contributed by atoms with Crippen molar-refractivity contribution in [2.24, 2.45) is 0 Å². The summed E-state index contributed by atoms with van der Waals surface area (Å²) in [5.74, 6) is -1.28. The summed E-state index contributed by atoms with van der Waals surface area (Å²) in [7, 11) is -2.23. The van der Waals surface area contributed by atoms with Crippen LogP contribution in [0.5, 0.6) is 0 Å². The number of carbonyl (C=O) groups is 1. The zero-order chi connectivity index (χ0) is 30.7. The molecule has 2 aromatic carbocycles. The number of hydrogen-bond donors (Lipinski definition) is 0. The van der Waals surface area contributed by atoms with Crippen molar-refractivity contribution in [2.45, 2.75) is 70.9 Å². The van der Waals surface area contributed by atoms with Gasteiger partial charge in [0.15, 0.2) is 5.79 Å². The van der Waals surface area contributed by atoms with Crippen LogP contribution in [0, 0.1) is 5.82 Å². The van der Waals surface area contributed by atoms with E-state index < -0.39 is 21.6 Å². The maximum atomic E-state index is 13.8. The second-order valence-electron chi connectivity index (χ2n) is 11.4. The fourth-order valence-corrected chi connectivity index (χ4v) is 5.32. The van der Waals surface area contributed by atoms with E-state index in [0.717, 1.165) is 16.1 Å². The average molecular weight is 596 g/mol. The van der Waals surface area contributed by atoms with Gasteiger partial charge >= 0.3 is 0 Å². The molecule has 1 saturated heterocycles. The molecule has 42 heavy (non-hydrogen) atoms. The Kier molecular flexibility index (Phi) is 9.60. The molecular formula is C32H38FN3O5S. The van der Waals surface area contributed by atoms with E-state index in [2.05, 4.69) is 9.97 Å². The van der Waals surface area contributed by atoms with Gasteiger partial charge in [-0.15, -0.1) is 0 Å². The molecule has 0 unspecified atom stereocenters. The summed E-state index contributed by atoms with van der Waals surface area (Å²) >= 11 is 0. The lowest BCUT2D eigenvalue weighted by molar-refractivity contribution is -0.289. The van der Waals surface area contributed by atoms with Crippen molar-refractivity contribution in [3.63, 3.8) is 0 Å². The third-order valence-corrected chi connectivity index (χ3v) is 8.12. The Hall–Kier alpha value is -3.47. The van der Waals surface area contributed by atoms with Gasteiger partial charge in [-0.05, 0) is 49.6 Å². The van der Waals surface area contributed by atoms with Crippen LogP contribution in [0.4, 0.5) is 10.3 Å². The number of anilines is 1. The Morgan fingerprint density at radius 1 is 1.10 bits per heavy atom. The number of hydrogen-bond acceptors (Lipinski definition) is 7. The van der Waals surface area contributed by atoms with Crippen molar-refractivity contribution < 1.29 is 27.1 Å². The van der Waals surface area contributed by atoms with Gasteiger partial charge in [0.2, 0.25) is 16.0 Å². The van der Waals surface area contributed by atoms with Crippen molar-refractivity contribution >= 4 is 27.8 Å². The second kappa shape index (κ2) is 12.8. The van der Waals surface area contributed by atoms with Crippen molar-refractivity contribution in [3.05, 3.63) is 83.3 Å². The lowest BCUT2D eigenvalue weighted by Gasteiger charge is -2.39. The smallest absolute Gasteiger partial charge is 0.239 e. The molecule has 0 bridgehead atoms. The highest BCUT2D eigenvalue weighted by atomic mass is 32.2. The van der Waals surface area contributed by atoms with E-state index in [1.165, 1.54) is 19.2 Å². The minimum absolute atomic E-state index is 0.0260. The van der Waals surface area contributed by atoms with Crippen molar-refractivity contribution in [2.75, 3.05) is 17.6 Å². The zero-order valence-electron chi connectivity index (χ0n) is 24.9. The molecule has 224 valence electrons. The summed E-state index contributed by atoms with van der Waals surface area (Å²) in [4.78, 5) is 22.1. The molecule has 8 nitrogen and oxygen atoms in total. The average Bonchev–Trinajstić information content (AvgIpc) is 2.90. The molecular weight excluding hydrogens is 557 g/mol. The fraction of sp³-hybridized carbons (Fsp3) is 0.406. The quantitative estimate of drug-likeness (QED) is 0.287. The first kappa shape index (κ1) is 31.5. The molecule has 2 atom stereocenters. The van der Waals surface area contributed by atoms with Gasteiger partial charge in [0, 0.05) is 37.4 Å². The predicted molar refractivity (Wildman–Crippen MR) is 162 cm³/mol. The Morgan fingerprint density at radius 2 is 1.76 bits per heavy atom. The first-order valence-corrected chi connectivity index (χ1v) is 15.8. The van der Waals surface area contributed by atoms with Gasteiger partial charge in [0.25, 0.3) is 0 Å². The predicted octanol–water partition coefficient (Wildman–Crippen LogP) is 5.93. The molecule has 0 saturated carbocycles. The molecule has 0 spiro atoms. The van der Waals surface area contributed by atoms with Crippen LogP contribution in [0.2, 0.25) is 0 Å². The molecule has 1 fully saturated rings.